The molecule has 4 rings (SSSR count). The molecule has 29 heavy (non-hydrogen) atoms. The SMILES string of the molecule is CN1CC[C@@H](c2c(O)cc(O)c3c(=O)cc(-c4c(F)cccc4F)oc23)[C@@H]1CO. The first kappa shape index (κ1) is 19.4. The molecule has 0 spiro atoms. The average Bonchev–Trinajstić information content (AvgIpc) is 3.01. The van der Waals surface area contributed by atoms with Crippen molar-refractivity contribution in [1.29, 1.82) is 0 Å². The summed E-state index contributed by atoms with van der Waals surface area (Å²) in [4.78, 5) is 14.6. The highest BCUT2D eigenvalue weighted by molar-refractivity contribution is 5.89. The molecule has 0 aliphatic carbocycles. The van der Waals surface area contributed by atoms with E-state index in [2.05, 4.69) is 0 Å². The number of aromatic hydroxyl groups is 2. The highest BCUT2D eigenvalue weighted by atomic mass is 19.1. The number of fused-ring (bicyclic) bond motifs is 1. The molecular weight excluding hydrogens is 384 g/mol. The third kappa shape index (κ3) is 3.04. The quantitative estimate of drug-likeness (QED) is 0.623. The predicted octanol–water partition coefficient (Wildman–Crippen LogP) is 2.93. The minimum Gasteiger partial charge on any atom is -0.507 e. The first-order valence-electron chi connectivity index (χ1n) is 9.11. The monoisotopic (exact) mass is 403 g/mol. The van der Waals surface area contributed by atoms with E-state index in [1.807, 2.05) is 11.9 Å². The molecule has 152 valence electrons. The van der Waals surface area contributed by atoms with Gasteiger partial charge in [0.05, 0.1) is 12.2 Å². The minimum absolute atomic E-state index is 0.147. The lowest BCUT2D eigenvalue weighted by Crippen LogP contribution is -2.32. The summed E-state index contributed by atoms with van der Waals surface area (Å²) in [6, 6.07) is 4.87. The molecule has 1 aliphatic heterocycles. The molecule has 3 aromatic rings. The molecule has 1 fully saturated rings. The summed E-state index contributed by atoms with van der Waals surface area (Å²) in [5, 5.41) is 30.3. The largest absolute Gasteiger partial charge is 0.507 e. The van der Waals surface area contributed by atoms with Crippen LogP contribution in [0, 0.1) is 11.6 Å². The molecule has 2 aromatic carbocycles. The number of aliphatic hydroxyl groups excluding tert-OH is 1. The van der Waals surface area contributed by atoms with E-state index in [9.17, 15) is 28.9 Å². The first-order chi connectivity index (χ1) is 13.8. The number of hydrogen-bond acceptors (Lipinski definition) is 6. The van der Waals surface area contributed by atoms with Crippen molar-refractivity contribution in [3.05, 3.63) is 57.8 Å². The van der Waals surface area contributed by atoms with Crippen LogP contribution in [0.5, 0.6) is 11.5 Å². The van der Waals surface area contributed by atoms with Crippen LogP contribution in [0.1, 0.15) is 17.9 Å². The average molecular weight is 403 g/mol. The molecular formula is C21H19F2NO5. The second-order valence-electron chi connectivity index (χ2n) is 7.23. The number of nitrogens with zero attached hydrogens (tertiary/aromatic N) is 1. The van der Waals surface area contributed by atoms with Crippen molar-refractivity contribution >= 4 is 11.0 Å². The van der Waals surface area contributed by atoms with E-state index in [0.29, 0.717) is 13.0 Å². The van der Waals surface area contributed by atoms with Crippen LogP contribution in [0.3, 0.4) is 0 Å². The molecule has 6 nitrogen and oxygen atoms in total. The first-order valence-corrected chi connectivity index (χ1v) is 9.11. The Bertz CT molecular complexity index is 1140. The minimum atomic E-state index is -0.910. The van der Waals surface area contributed by atoms with Gasteiger partial charge in [-0.3, -0.25) is 4.79 Å². The van der Waals surface area contributed by atoms with Gasteiger partial charge in [0.25, 0.3) is 0 Å². The normalized spacial score (nSPS) is 19.9. The van der Waals surface area contributed by atoms with Crippen molar-refractivity contribution in [1.82, 2.24) is 4.90 Å². The van der Waals surface area contributed by atoms with E-state index in [4.69, 9.17) is 4.42 Å². The summed E-state index contributed by atoms with van der Waals surface area (Å²) >= 11 is 0. The zero-order chi connectivity index (χ0) is 20.9. The zero-order valence-electron chi connectivity index (χ0n) is 15.5. The second-order valence-corrected chi connectivity index (χ2v) is 7.23. The van der Waals surface area contributed by atoms with Gasteiger partial charge in [-0.1, -0.05) is 6.07 Å². The summed E-state index contributed by atoms with van der Waals surface area (Å²) in [5.74, 6) is -3.39. The Morgan fingerprint density at radius 3 is 2.52 bits per heavy atom. The van der Waals surface area contributed by atoms with Crippen molar-refractivity contribution < 1.29 is 28.5 Å². The predicted molar refractivity (Wildman–Crippen MR) is 102 cm³/mol. The fourth-order valence-corrected chi connectivity index (χ4v) is 4.15. The Balaban J connectivity index is 2.05. The molecule has 0 unspecified atom stereocenters. The van der Waals surface area contributed by atoms with Gasteiger partial charge in [-0.2, -0.15) is 0 Å². The van der Waals surface area contributed by atoms with Crippen molar-refractivity contribution in [2.24, 2.45) is 0 Å². The Morgan fingerprint density at radius 2 is 1.86 bits per heavy atom. The summed E-state index contributed by atoms with van der Waals surface area (Å²) in [6.45, 7) is 0.429. The highest BCUT2D eigenvalue weighted by Crippen LogP contribution is 2.44. The van der Waals surface area contributed by atoms with Crippen LogP contribution >= 0.6 is 0 Å². The van der Waals surface area contributed by atoms with Gasteiger partial charge in [-0.05, 0) is 32.1 Å². The van der Waals surface area contributed by atoms with Gasteiger partial charge >= 0.3 is 0 Å². The number of hydrogen-bond donors (Lipinski definition) is 3. The number of rotatable bonds is 3. The molecule has 2 heterocycles. The number of likely N-dealkylation sites (N-methyl/N-ethyl adjacent to an activating group) is 1. The summed E-state index contributed by atoms with van der Waals surface area (Å²) in [7, 11) is 1.82. The number of halogens is 2. The van der Waals surface area contributed by atoms with Gasteiger partial charge in [0.2, 0.25) is 0 Å². The molecule has 3 N–H and O–H groups in total. The third-order valence-electron chi connectivity index (χ3n) is 5.59. The lowest BCUT2D eigenvalue weighted by molar-refractivity contribution is 0.172. The number of aliphatic hydroxyl groups is 1. The fraction of sp³-hybridized carbons (Fsp3) is 0.286. The Labute approximate surface area is 164 Å². The Kier molecular flexibility index (Phi) is 4.76. The van der Waals surface area contributed by atoms with Crippen molar-refractivity contribution in [3.63, 3.8) is 0 Å². The van der Waals surface area contributed by atoms with Crippen molar-refractivity contribution in [2.45, 2.75) is 18.4 Å². The number of phenolic OH excluding ortho intramolecular Hbond substituents is 2. The standard InChI is InChI=1S/C21H19F2NO5/c1-24-6-5-10(13(24)9-25)18-14(26)7-15(27)20-16(28)8-17(29-21(18)20)19-11(22)3-2-4-12(19)23/h2-4,7-8,10,13,25-27H,5-6,9H2,1H3/t10-,13+/m1/s1. The van der Waals surface area contributed by atoms with E-state index in [1.165, 1.54) is 6.07 Å². The number of likely N-dealkylation sites (tertiary alicyclic amines) is 1. The third-order valence-corrected chi connectivity index (χ3v) is 5.59. The van der Waals surface area contributed by atoms with E-state index in [0.717, 1.165) is 24.3 Å². The van der Waals surface area contributed by atoms with Crippen LogP contribution in [0.15, 0.2) is 39.5 Å². The van der Waals surface area contributed by atoms with Crippen LogP contribution in [0.25, 0.3) is 22.3 Å². The molecule has 0 saturated carbocycles. The van der Waals surface area contributed by atoms with E-state index < -0.39 is 34.3 Å². The van der Waals surface area contributed by atoms with Gasteiger partial charge in [0.1, 0.15) is 39.9 Å². The van der Waals surface area contributed by atoms with Gasteiger partial charge < -0.3 is 24.6 Å². The van der Waals surface area contributed by atoms with Crippen LogP contribution in [-0.2, 0) is 0 Å². The van der Waals surface area contributed by atoms with E-state index >= 15 is 0 Å². The maximum absolute atomic E-state index is 14.3. The molecule has 0 amide bonds. The fourth-order valence-electron chi connectivity index (χ4n) is 4.15. The summed E-state index contributed by atoms with van der Waals surface area (Å²) in [5.41, 5.74) is -1.14. The van der Waals surface area contributed by atoms with Crippen molar-refractivity contribution in [2.75, 3.05) is 20.2 Å². The zero-order valence-corrected chi connectivity index (χ0v) is 15.5. The molecule has 1 saturated heterocycles. The molecule has 0 radical (unpaired) electrons. The maximum atomic E-state index is 14.3. The van der Waals surface area contributed by atoms with Crippen LogP contribution in [-0.4, -0.2) is 46.5 Å². The molecule has 1 aromatic heterocycles. The van der Waals surface area contributed by atoms with Gasteiger partial charge in [0, 0.05) is 29.7 Å². The smallest absolute Gasteiger partial charge is 0.197 e. The highest BCUT2D eigenvalue weighted by Gasteiger charge is 2.36. The van der Waals surface area contributed by atoms with Crippen molar-refractivity contribution in [3.8, 4) is 22.8 Å². The Morgan fingerprint density at radius 1 is 1.17 bits per heavy atom. The lowest BCUT2D eigenvalue weighted by Gasteiger charge is -2.24. The van der Waals surface area contributed by atoms with Crippen LogP contribution in [0.4, 0.5) is 8.78 Å². The van der Waals surface area contributed by atoms with E-state index in [1.54, 1.807) is 0 Å². The van der Waals surface area contributed by atoms with Crippen LogP contribution < -0.4 is 5.43 Å². The molecule has 8 heteroatoms. The molecule has 1 aliphatic rings. The summed E-state index contributed by atoms with van der Waals surface area (Å²) < 4.78 is 34.2. The summed E-state index contributed by atoms with van der Waals surface area (Å²) in [6.07, 6.45) is 0.553. The number of benzene rings is 2. The number of phenols is 2. The van der Waals surface area contributed by atoms with Gasteiger partial charge in [-0.25, -0.2) is 8.78 Å². The topological polar surface area (TPSA) is 94.1 Å². The van der Waals surface area contributed by atoms with Gasteiger partial charge in [0.15, 0.2) is 5.43 Å². The molecule has 2 atom stereocenters. The lowest BCUT2D eigenvalue weighted by atomic mass is 9.89. The second kappa shape index (κ2) is 7.13. The van der Waals surface area contributed by atoms with Crippen LogP contribution in [0.2, 0.25) is 0 Å². The molecule has 0 bridgehead atoms. The maximum Gasteiger partial charge on any atom is 0.197 e. The van der Waals surface area contributed by atoms with E-state index in [-0.39, 0.29) is 40.7 Å². The van der Waals surface area contributed by atoms with Gasteiger partial charge in [-0.15, -0.1) is 0 Å². The Hall–Kier alpha value is -2.97.